The lowest BCUT2D eigenvalue weighted by Crippen LogP contribution is -2.03. The molecule has 0 spiro atoms. The van der Waals surface area contributed by atoms with Gasteiger partial charge in [-0.1, -0.05) is 0 Å². The standard InChI is InChI=1S/C13H11FN6/c1-15-13-19-11-10(16-6-7-17-11)12(20-13)18-9-4-2-8(14)3-5-9/h2-7H,1H3,(H2,15,17,18,19,20). The normalized spacial score (nSPS) is 10.5. The second kappa shape index (κ2) is 5.04. The lowest BCUT2D eigenvalue weighted by molar-refractivity contribution is 0.628. The molecule has 6 nitrogen and oxygen atoms in total. The van der Waals surface area contributed by atoms with Crippen molar-refractivity contribution in [3.05, 3.63) is 42.5 Å². The van der Waals surface area contributed by atoms with Crippen LogP contribution in [0.25, 0.3) is 11.2 Å². The Morgan fingerprint density at radius 2 is 1.75 bits per heavy atom. The molecule has 0 bridgehead atoms. The van der Waals surface area contributed by atoms with E-state index in [0.717, 1.165) is 0 Å². The van der Waals surface area contributed by atoms with Crippen molar-refractivity contribution < 1.29 is 4.39 Å². The quantitative estimate of drug-likeness (QED) is 0.760. The lowest BCUT2D eigenvalue weighted by atomic mass is 10.3. The van der Waals surface area contributed by atoms with Gasteiger partial charge >= 0.3 is 0 Å². The summed E-state index contributed by atoms with van der Waals surface area (Å²) in [4.78, 5) is 16.9. The van der Waals surface area contributed by atoms with E-state index in [4.69, 9.17) is 0 Å². The maximum atomic E-state index is 12.9. The first-order valence-electron chi connectivity index (χ1n) is 5.95. The number of anilines is 3. The highest BCUT2D eigenvalue weighted by Crippen LogP contribution is 2.22. The molecular weight excluding hydrogens is 259 g/mol. The third-order valence-corrected chi connectivity index (χ3v) is 2.66. The Bertz CT molecular complexity index is 743. The van der Waals surface area contributed by atoms with Gasteiger partial charge in [-0.2, -0.15) is 9.97 Å². The highest BCUT2D eigenvalue weighted by Gasteiger charge is 2.09. The topological polar surface area (TPSA) is 75.6 Å². The van der Waals surface area contributed by atoms with Crippen LogP contribution in [0.1, 0.15) is 0 Å². The van der Waals surface area contributed by atoms with Gasteiger partial charge in [-0.3, -0.25) is 0 Å². The average Bonchev–Trinajstić information content (AvgIpc) is 2.49. The van der Waals surface area contributed by atoms with Gasteiger partial charge < -0.3 is 10.6 Å². The van der Waals surface area contributed by atoms with Crippen LogP contribution in [0, 0.1) is 5.82 Å². The highest BCUT2D eigenvalue weighted by atomic mass is 19.1. The van der Waals surface area contributed by atoms with Gasteiger partial charge in [0.1, 0.15) is 5.82 Å². The molecule has 0 amide bonds. The van der Waals surface area contributed by atoms with Gasteiger partial charge in [0.05, 0.1) is 0 Å². The van der Waals surface area contributed by atoms with Crippen molar-refractivity contribution in [2.45, 2.75) is 0 Å². The summed E-state index contributed by atoms with van der Waals surface area (Å²) >= 11 is 0. The number of aromatic nitrogens is 4. The van der Waals surface area contributed by atoms with Crippen LogP contribution in [0.4, 0.5) is 21.8 Å². The number of nitrogens with zero attached hydrogens (tertiary/aromatic N) is 4. The lowest BCUT2D eigenvalue weighted by Gasteiger charge is -2.09. The summed E-state index contributed by atoms with van der Waals surface area (Å²) in [5, 5.41) is 5.95. The molecule has 2 aromatic heterocycles. The molecule has 0 fully saturated rings. The molecule has 2 N–H and O–H groups in total. The maximum absolute atomic E-state index is 12.9. The fourth-order valence-corrected chi connectivity index (χ4v) is 1.73. The number of fused-ring (bicyclic) bond motifs is 1. The zero-order valence-corrected chi connectivity index (χ0v) is 10.6. The summed E-state index contributed by atoms with van der Waals surface area (Å²) in [6.07, 6.45) is 3.14. The second-order valence-corrected chi connectivity index (χ2v) is 4.01. The van der Waals surface area contributed by atoms with Crippen molar-refractivity contribution in [3.63, 3.8) is 0 Å². The Morgan fingerprint density at radius 3 is 2.50 bits per heavy atom. The number of nitrogens with one attached hydrogen (secondary N) is 2. The Kier molecular flexibility index (Phi) is 3.08. The first-order valence-corrected chi connectivity index (χ1v) is 5.95. The van der Waals surface area contributed by atoms with E-state index < -0.39 is 0 Å². The monoisotopic (exact) mass is 270 g/mol. The third kappa shape index (κ3) is 2.33. The van der Waals surface area contributed by atoms with Crippen LogP contribution in [0.3, 0.4) is 0 Å². The number of hydrogen-bond acceptors (Lipinski definition) is 6. The summed E-state index contributed by atoms with van der Waals surface area (Å²) in [5.41, 5.74) is 1.74. The van der Waals surface area contributed by atoms with E-state index in [1.807, 2.05) is 0 Å². The predicted octanol–water partition coefficient (Wildman–Crippen LogP) is 2.34. The molecule has 20 heavy (non-hydrogen) atoms. The SMILES string of the molecule is CNc1nc(Nc2ccc(F)cc2)c2nccnc2n1. The van der Waals surface area contributed by atoms with Crippen molar-refractivity contribution in [2.75, 3.05) is 17.7 Å². The molecule has 3 aromatic rings. The molecule has 2 heterocycles. The molecule has 0 unspecified atom stereocenters. The van der Waals surface area contributed by atoms with Crippen molar-refractivity contribution in [2.24, 2.45) is 0 Å². The Morgan fingerprint density at radius 1 is 1.00 bits per heavy atom. The summed E-state index contributed by atoms with van der Waals surface area (Å²) in [7, 11) is 1.72. The van der Waals surface area contributed by atoms with Gasteiger partial charge in [-0.05, 0) is 24.3 Å². The summed E-state index contributed by atoms with van der Waals surface area (Å²) in [6, 6.07) is 5.99. The van der Waals surface area contributed by atoms with E-state index >= 15 is 0 Å². The van der Waals surface area contributed by atoms with Crippen LogP contribution in [-0.2, 0) is 0 Å². The van der Waals surface area contributed by atoms with E-state index in [2.05, 4.69) is 30.6 Å². The Hall–Kier alpha value is -2.83. The molecule has 0 radical (unpaired) electrons. The Balaban J connectivity index is 2.07. The fraction of sp³-hybridized carbons (Fsp3) is 0.0769. The third-order valence-electron chi connectivity index (χ3n) is 2.66. The zero-order valence-electron chi connectivity index (χ0n) is 10.6. The van der Waals surface area contributed by atoms with Gasteiger partial charge in [0.2, 0.25) is 5.95 Å². The molecule has 7 heteroatoms. The predicted molar refractivity (Wildman–Crippen MR) is 74.4 cm³/mol. The fourth-order valence-electron chi connectivity index (χ4n) is 1.73. The molecule has 0 atom stereocenters. The van der Waals surface area contributed by atoms with Gasteiger partial charge in [0, 0.05) is 25.1 Å². The average molecular weight is 270 g/mol. The number of rotatable bonds is 3. The van der Waals surface area contributed by atoms with Gasteiger partial charge in [0.25, 0.3) is 0 Å². The second-order valence-electron chi connectivity index (χ2n) is 4.01. The van der Waals surface area contributed by atoms with Crippen LogP contribution in [0.15, 0.2) is 36.7 Å². The van der Waals surface area contributed by atoms with Crippen LogP contribution in [0.5, 0.6) is 0 Å². The molecule has 1 aromatic carbocycles. The molecule has 0 aliphatic heterocycles. The summed E-state index contributed by atoms with van der Waals surface area (Å²) in [6.45, 7) is 0. The van der Waals surface area contributed by atoms with Crippen molar-refractivity contribution >= 4 is 28.6 Å². The smallest absolute Gasteiger partial charge is 0.226 e. The zero-order chi connectivity index (χ0) is 13.9. The minimum absolute atomic E-state index is 0.293. The largest absolute Gasteiger partial charge is 0.357 e. The van der Waals surface area contributed by atoms with Crippen LogP contribution < -0.4 is 10.6 Å². The maximum Gasteiger partial charge on any atom is 0.226 e. The van der Waals surface area contributed by atoms with Crippen LogP contribution in [-0.4, -0.2) is 27.0 Å². The van der Waals surface area contributed by atoms with E-state index in [1.54, 1.807) is 31.6 Å². The molecule has 0 aliphatic rings. The van der Waals surface area contributed by atoms with Crippen molar-refractivity contribution in [3.8, 4) is 0 Å². The summed E-state index contributed by atoms with van der Waals surface area (Å²) < 4.78 is 12.9. The van der Waals surface area contributed by atoms with Crippen LogP contribution >= 0.6 is 0 Å². The van der Waals surface area contributed by atoms with Gasteiger partial charge in [-0.25, -0.2) is 14.4 Å². The first-order chi connectivity index (χ1) is 9.76. The first kappa shape index (κ1) is 12.2. The van der Waals surface area contributed by atoms with E-state index in [0.29, 0.717) is 28.6 Å². The number of halogens is 1. The molecule has 0 saturated heterocycles. The van der Waals surface area contributed by atoms with Crippen molar-refractivity contribution in [1.29, 1.82) is 0 Å². The van der Waals surface area contributed by atoms with Crippen LogP contribution in [0.2, 0.25) is 0 Å². The molecule has 0 aliphatic carbocycles. The molecule has 3 rings (SSSR count). The molecular formula is C13H11FN6. The minimum Gasteiger partial charge on any atom is -0.357 e. The Labute approximate surface area is 114 Å². The highest BCUT2D eigenvalue weighted by molar-refractivity contribution is 5.85. The summed E-state index contributed by atoms with van der Waals surface area (Å²) in [5.74, 6) is 0.653. The van der Waals surface area contributed by atoms with Gasteiger partial charge in [-0.15, -0.1) is 0 Å². The minimum atomic E-state index is -0.293. The van der Waals surface area contributed by atoms with Crippen molar-refractivity contribution in [1.82, 2.24) is 19.9 Å². The van der Waals surface area contributed by atoms with Gasteiger partial charge in [0.15, 0.2) is 17.0 Å². The van der Waals surface area contributed by atoms with E-state index in [9.17, 15) is 4.39 Å². The van der Waals surface area contributed by atoms with E-state index in [-0.39, 0.29) is 5.82 Å². The van der Waals surface area contributed by atoms with E-state index in [1.165, 1.54) is 12.1 Å². The molecule has 100 valence electrons. The number of benzene rings is 1. The number of hydrogen-bond donors (Lipinski definition) is 2. The molecule has 0 saturated carbocycles.